The van der Waals surface area contributed by atoms with Crippen LogP contribution < -0.4 is 16.2 Å². The van der Waals surface area contributed by atoms with E-state index >= 15 is 0 Å². The first-order chi connectivity index (χ1) is 13.0. The lowest BCUT2D eigenvalue weighted by atomic mass is 10.2. The van der Waals surface area contributed by atoms with Crippen LogP contribution in [0.1, 0.15) is 16.2 Å². The first-order valence-corrected chi connectivity index (χ1v) is 8.02. The quantitative estimate of drug-likeness (QED) is 0.567. The number of benzene rings is 1. The van der Waals surface area contributed by atoms with Crippen molar-refractivity contribution in [2.24, 2.45) is 5.73 Å². The van der Waals surface area contributed by atoms with E-state index < -0.39 is 11.6 Å². The first-order valence-electron chi connectivity index (χ1n) is 8.02. The Morgan fingerprint density at radius 3 is 2.67 bits per heavy atom. The van der Waals surface area contributed by atoms with E-state index in [0.29, 0.717) is 23.0 Å². The third-order valence-corrected chi connectivity index (χ3v) is 4.06. The number of aromatic amines is 1. The summed E-state index contributed by atoms with van der Waals surface area (Å²) >= 11 is 0. The van der Waals surface area contributed by atoms with Crippen molar-refractivity contribution in [3.05, 3.63) is 58.3 Å². The number of hydrogen-bond donors (Lipinski definition) is 2. The Bertz CT molecular complexity index is 1230. The number of imidazole rings is 1. The molecule has 4 rings (SSSR count). The second-order valence-corrected chi connectivity index (χ2v) is 5.81. The molecule has 0 aliphatic heterocycles. The van der Waals surface area contributed by atoms with Crippen molar-refractivity contribution in [3.63, 3.8) is 0 Å². The van der Waals surface area contributed by atoms with Gasteiger partial charge in [0.05, 0.1) is 12.8 Å². The molecule has 0 unspecified atom stereocenters. The van der Waals surface area contributed by atoms with E-state index in [1.54, 1.807) is 43.3 Å². The number of nitrogens with zero attached hydrogens (tertiary/aromatic N) is 3. The van der Waals surface area contributed by atoms with Crippen molar-refractivity contribution < 1.29 is 13.9 Å². The monoisotopic (exact) mass is 365 g/mol. The van der Waals surface area contributed by atoms with Crippen LogP contribution in [-0.2, 0) is 0 Å². The van der Waals surface area contributed by atoms with Gasteiger partial charge in [0.2, 0.25) is 0 Å². The number of carbonyl (C=O) groups excluding carboxylic acids is 1. The highest BCUT2D eigenvalue weighted by molar-refractivity contribution is 6.02. The number of H-pyrrole nitrogens is 1. The summed E-state index contributed by atoms with van der Waals surface area (Å²) in [7, 11) is 1.50. The summed E-state index contributed by atoms with van der Waals surface area (Å²) in [5.41, 5.74) is 5.67. The summed E-state index contributed by atoms with van der Waals surface area (Å²) in [4.78, 5) is 35.8. The highest BCUT2D eigenvalue weighted by Gasteiger charge is 2.22. The molecule has 0 bridgehead atoms. The van der Waals surface area contributed by atoms with Gasteiger partial charge in [0.15, 0.2) is 22.9 Å². The van der Waals surface area contributed by atoms with Gasteiger partial charge < -0.3 is 19.9 Å². The fourth-order valence-corrected chi connectivity index (χ4v) is 2.87. The number of furan rings is 1. The van der Waals surface area contributed by atoms with Crippen LogP contribution in [0.3, 0.4) is 0 Å². The Labute approximate surface area is 152 Å². The molecule has 3 heterocycles. The van der Waals surface area contributed by atoms with Gasteiger partial charge in [-0.2, -0.15) is 0 Å². The molecule has 136 valence electrons. The van der Waals surface area contributed by atoms with Crippen molar-refractivity contribution >= 4 is 17.1 Å². The standard InChI is InChI=1S/C18H15N5O4/c1-9-7-8-12(27-9)16-20-13(15(19)24)14-17(22-16)23(18(25)21-14)10-5-3-4-6-11(10)26-2/h3-8H,1-2H3,(H2,19,24)(H,21,25). The average Bonchev–Trinajstić information content (AvgIpc) is 3.23. The zero-order valence-electron chi connectivity index (χ0n) is 14.5. The van der Waals surface area contributed by atoms with Crippen molar-refractivity contribution in [2.45, 2.75) is 6.92 Å². The van der Waals surface area contributed by atoms with E-state index in [1.807, 2.05) is 0 Å². The molecule has 0 aliphatic rings. The highest BCUT2D eigenvalue weighted by Crippen LogP contribution is 2.26. The number of primary amides is 1. The Balaban J connectivity index is 2.09. The molecule has 0 spiro atoms. The van der Waals surface area contributed by atoms with Gasteiger partial charge in [-0.05, 0) is 31.2 Å². The van der Waals surface area contributed by atoms with Crippen LogP contribution in [0, 0.1) is 6.92 Å². The van der Waals surface area contributed by atoms with Gasteiger partial charge in [0, 0.05) is 0 Å². The molecule has 4 aromatic rings. The molecule has 0 saturated heterocycles. The van der Waals surface area contributed by atoms with Gasteiger partial charge >= 0.3 is 5.69 Å². The van der Waals surface area contributed by atoms with E-state index in [2.05, 4.69) is 15.0 Å². The number of hydrogen-bond acceptors (Lipinski definition) is 6. The van der Waals surface area contributed by atoms with E-state index in [1.165, 1.54) is 11.7 Å². The molecule has 3 aromatic heterocycles. The fraction of sp³-hybridized carbons (Fsp3) is 0.111. The predicted octanol–water partition coefficient (Wildman–Crippen LogP) is 1.78. The Kier molecular flexibility index (Phi) is 3.76. The number of rotatable bonds is 4. The summed E-state index contributed by atoms with van der Waals surface area (Å²) in [6, 6.07) is 10.4. The van der Waals surface area contributed by atoms with E-state index in [9.17, 15) is 9.59 Å². The lowest BCUT2D eigenvalue weighted by molar-refractivity contribution is 0.0997. The van der Waals surface area contributed by atoms with Crippen molar-refractivity contribution in [3.8, 4) is 23.0 Å². The normalized spacial score (nSPS) is 11.0. The topological polar surface area (TPSA) is 129 Å². The number of fused-ring (bicyclic) bond motifs is 1. The zero-order valence-corrected chi connectivity index (χ0v) is 14.5. The van der Waals surface area contributed by atoms with Crippen LogP contribution in [-0.4, -0.2) is 32.5 Å². The predicted molar refractivity (Wildman–Crippen MR) is 97.0 cm³/mol. The minimum absolute atomic E-state index is 0.102. The average molecular weight is 365 g/mol. The van der Waals surface area contributed by atoms with E-state index in [0.717, 1.165) is 0 Å². The summed E-state index contributed by atoms with van der Waals surface area (Å²) in [5.74, 6) is 0.838. The molecule has 0 radical (unpaired) electrons. The number of aromatic nitrogens is 4. The first kappa shape index (κ1) is 16.6. The second-order valence-electron chi connectivity index (χ2n) is 5.81. The molecule has 3 N–H and O–H groups in total. The van der Waals surface area contributed by atoms with Crippen LogP contribution in [0.15, 0.2) is 45.6 Å². The number of methoxy groups -OCH3 is 1. The van der Waals surface area contributed by atoms with Crippen molar-refractivity contribution in [1.82, 2.24) is 19.5 Å². The number of nitrogens with two attached hydrogens (primary N) is 1. The molecule has 1 amide bonds. The minimum atomic E-state index is -0.791. The van der Waals surface area contributed by atoms with Gasteiger partial charge in [0.1, 0.15) is 17.0 Å². The van der Waals surface area contributed by atoms with E-state index in [-0.39, 0.29) is 22.7 Å². The Morgan fingerprint density at radius 1 is 1.22 bits per heavy atom. The molecule has 27 heavy (non-hydrogen) atoms. The van der Waals surface area contributed by atoms with Crippen LogP contribution in [0.4, 0.5) is 0 Å². The molecular formula is C18H15N5O4. The van der Waals surface area contributed by atoms with Crippen molar-refractivity contribution in [2.75, 3.05) is 7.11 Å². The zero-order chi connectivity index (χ0) is 19.1. The number of carbonyl (C=O) groups is 1. The second kappa shape index (κ2) is 6.13. The lowest BCUT2D eigenvalue weighted by Crippen LogP contribution is -2.16. The van der Waals surface area contributed by atoms with Crippen molar-refractivity contribution in [1.29, 1.82) is 0 Å². The molecule has 0 fully saturated rings. The summed E-state index contributed by atoms with van der Waals surface area (Å²) in [6.07, 6.45) is 0. The summed E-state index contributed by atoms with van der Waals surface area (Å²) in [6.45, 7) is 1.78. The number of ether oxygens (including phenoxy) is 1. The SMILES string of the molecule is COc1ccccc1-n1c(=O)[nH]c2c(C(N)=O)nc(-c3ccc(C)o3)nc21. The van der Waals surface area contributed by atoms with Gasteiger partial charge in [-0.25, -0.2) is 19.3 Å². The molecule has 0 atom stereocenters. The molecule has 1 aromatic carbocycles. The highest BCUT2D eigenvalue weighted by atomic mass is 16.5. The van der Waals surface area contributed by atoms with E-state index in [4.69, 9.17) is 14.9 Å². The third-order valence-electron chi connectivity index (χ3n) is 4.06. The molecular weight excluding hydrogens is 350 g/mol. The number of amides is 1. The smallest absolute Gasteiger partial charge is 0.332 e. The summed E-state index contributed by atoms with van der Waals surface area (Å²) in [5, 5.41) is 0. The Hall–Kier alpha value is -3.88. The third kappa shape index (κ3) is 2.65. The molecule has 0 saturated carbocycles. The van der Waals surface area contributed by atoms with Gasteiger partial charge in [-0.15, -0.1) is 0 Å². The molecule has 9 heteroatoms. The lowest BCUT2D eigenvalue weighted by Gasteiger charge is -2.09. The molecule has 0 aliphatic carbocycles. The fourth-order valence-electron chi connectivity index (χ4n) is 2.87. The van der Waals surface area contributed by atoms with Crippen LogP contribution >= 0.6 is 0 Å². The number of aryl methyl sites for hydroxylation is 1. The number of nitrogens with one attached hydrogen (secondary N) is 1. The van der Waals surface area contributed by atoms with Crippen LogP contribution in [0.5, 0.6) is 5.75 Å². The van der Waals surface area contributed by atoms with Gasteiger partial charge in [0.25, 0.3) is 5.91 Å². The molecule has 9 nitrogen and oxygen atoms in total. The largest absolute Gasteiger partial charge is 0.495 e. The van der Waals surface area contributed by atoms with Gasteiger partial charge in [-0.3, -0.25) is 4.79 Å². The van der Waals surface area contributed by atoms with Crippen LogP contribution in [0.2, 0.25) is 0 Å². The summed E-state index contributed by atoms with van der Waals surface area (Å²) < 4.78 is 12.2. The Morgan fingerprint density at radius 2 is 2.00 bits per heavy atom. The van der Waals surface area contributed by atoms with Crippen LogP contribution in [0.25, 0.3) is 28.4 Å². The minimum Gasteiger partial charge on any atom is -0.495 e. The number of para-hydroxylation sites is 2. The maximum atomic E-state index is 12.6. The van der Waals surface area contributed by atoms with Gasteiger partial charge in [-0.1, -0.05) is 12.1 Å². The maximum absolute atomic E-state index is 12.6. The maximum Gasteiger partial charge on any atom is 0.332 e.